The van der Waals surface area contributed by atoms with E-state index in [4.69, 9.17) is 0 Å². The molecule has 21 heavy (non-hydrogen) atoms. The molecule has 0 saturated heterocycles. The molecule has 0 bridgehead atoms. The van der Waals surface area contributed by atoms with Crippen molar-refractivity contribution in [2.75, 3.05) is 5.32 Å². The van der Waals surface area contributed by atoms with Crippen molar-refractivity contribution in [2.24, 2.45) is 0 Å². The van der Waals surface area contributed by atoms with Gasteiger partial charge in [-0.25, -0.2) is 13.2 Å². The van der Waals surface area contributed by atoms with Crippen LogP contribution >= 0.6 is 11.8 Å². The second kappa shape index (κ2) is 6.67. The van der Waals surface area contributed by atoms with E-state index in [9.17, 15) is 18.0 Å². The predicted octanol–water partition coefficient (Wildman–Crippen LogP) is 4.22. The average molecular weight is 311 g/mol. The highest BCUT2D eigenvalue weighted by Crippen LogP contribution is 2.27. The molecule has 0 fully saturated rings. The molecule has 2 aromatic carbocycles. The third kappa shape index (κ3) is 4.26. The largest absolute Gasteiger partial charge is 0.325 e. The van der Waals surface area contributed by atoms with Crippen LogP contribution in [0.25, 0.3) is 0 Å². The number of carbonyl (C=O) groups is 1. The molecule has 2 rings (SSSR count). The molecular weight excluding hydrogens is 299 g/mol. The van der Waals surface area contributed by atoms with Crippen molar-refractivity contribution in [3.05, 3.63) is 59.9 Å². The summed E-state index contributed by atoms with van der Waals surface area (Å²) in [6.07, 6.45) is 0. The van der Waals surface area contributed by atoms with Crippen molar-refractivity contribution in [3.8, 4) is 0 Å². The molecular formula is C15H12F3NOS. The van der Waals surface area contributed by atoms with E-state index in [1.54, 1.807) is 6.92 Å². The molecule has 2 nitrogen and oxygen atoms in total. The average Bonchev–Trinajstić information content (AvgIpc) is 2.45. The molecule has 110 valence electrons. The minimum absolute atomic E-state index is 0.0664. The molecule has 0 spiro atoms. The molecule has 0 unspecified atom stereocenters. The lowest BCUT2D eigenvalue weighted by molar-refractivity contribution is -0.115. The number of halogens is 3. The van der Waals surface area contributed by atoms with E-state index in [-0.39, 0.29) is 10.8 Å². The Hall–Kier alpha value is -1.95. The fourth-order valence-corrected chi connectivity index (χ4v) is 2.50. The number of carbonyl (C=O) groups excluding carboxylic acids is 1. The van der Waals surface area contributed by atoms with Crippen molar-refractivity contribution in [2.45, 2.75) is 17.1 Å². The Bertz CT molecular complexity index is 646. The Morgan fingerprint density at radius 1 is 1.05 bits per heavy atom. The lowest BCUT2D eigenvalue weighted by Crippen LogP contribution is -2.22. The molecule has 0 aliphatic carbocycles. The minimum atomic E-state index is -0.633. The van der Waals surface area contributed by atoms with Crippen molar-refractivity contribution < 1.29 is 18.0 Å². The number of thioether (sulfide) groups is 1. The molecule has 0 aliphatic rings. The van der Waals surface area contributed by atoms with E-state index in [0.29, 0.717) is 5.69 Å². The smallest absolute Gasteiger partial charge is 0.237 e. The Morgan fingerprint density at radius 3 is 2.33 bits per heavy atom. The molecule has 0 heterocycles. The van der Waals surface area contributed by atoms with Crippen LogP contribution in [0.1, 0.15) is 6.92 Å². The number of anilines is 1. The number of amides is 1. The monoisotopic (exact) mass is 311 g/mol. The van der Waals surface area contributed by atoms with Gasteiger partial charge in [0.15, 0.2) is 0 Å². The second-order valence-corrected chi connectivity index (χ2v) is 5.71. The standard InChI is InChI=1S/C15H12F3NOS/c1-9(21-14-8-11(17)4-7-13(14)18)15(20)19-12-5-2-10(16)3-6-12/h2-9H,1H3,(H,19,20)/t9-/m1/s1. The highest BCUT2D eigenvalue weighted by Gasteiger charge is 2.17. The highest BCUT2D eigenvalue weighted by molar-refractivity contribution is 8.00. The van der Waals surface area contributed by atoms with Crippen LogP contribution in [-0.4, -0.2) is 11.2 Å². The van der Waals surface area contributed by atoms with Gasteiger partial charge >= 0.3 is 0 Å². The lowest BCUT2D eigenvalue weighted by atomic mass is 10.3. The predicted molar refractivity (Wildman–Crippen MR) is 76.7 cm³/mol. The molecule has 0 radical (unpaired) electrons. The van der Waals surface area contributed by atoms with E-state index >= 15 is 0 Å². The summed E-state index contributed by atoms with van der Waals surface area (Å²) in [6, 6.07) is 8.37. The summed E-state index contributed by atoms with van der Waals surface area (Å²) in [5.74, 6) is -1.93. The lowest BCUT2D eigenvalue weighted by Gasteiger charge is -2.12. The van der Waals surface area contributed by atoms with E-state index < -0.39 is 22.7 Å². The zero-order chi connectivity index (χ0) is 15.4. The van der Waals surface area contributed by atoms with Gasteiger partial charge in [-0.3, -0.25) is 4.79 Å². The van der Waals surface area contributed by atoms with Crippen LogP contribution in [0.2, 0.25) is 0 Å². The quantitative estimate of drug-likeness (QED) is 0.856. The molecule has 1 atom stereocenters. The summed E-state index contributed by atoms with van der Waals surface area (Å²) >= 11 is 0.914. The maximum Gasteiger partial charge on any atom is 0.237 e. The van der Waals surface area contributed by atoms with Crippen LogP contribution in [0.5, 0.6) is 0 Å². The van der Waals surface area contributed by atoms with E-state index in [1.807, 2.05) is 0 Å². The summed E-state index contributed by atoms with van der Waals surface area (Å²) in [6.45, 7) is 1.58. The van der Waals surface area contributed by atoms with Gasteiger partial charge in [-0.2, -0.15) is 0 Å². The Morgan fingerprint density at radius 2 is 1.67 bits per heavy atom. The Balaban J connectivity index is 2.02. The minimum Gasteiger partial charge on any atom is -0.325 e. The number of benzene rings is 2. The molecule has 0 saturated carbocycles. The van der Waals surface area contributed by atoms with Gasteiger partial charge in [0.2, 0.25) is 5.91 Å². The van der Waals surface area contributed by atoms with E-state index in [0.717, 1.165) is 30.0 Å². The van der Waals surface area contributed by atoms with Gasteiger partial charge in [0, 0.05) is 10.6 Å². The van der Waals surface area contributed by atoms with Gasteiger partial charge < -0.3 is 5.32 Å². The fourth-order valence-electron chi connectivity index (χ4n) is 1.59. The normalized spacial score (nSPS) is 12.0. The third-order valence-electron chi connectivity index (χ3n) is 2.68. The van der Waals surface area contributed by atoms with Crippen LogP contribution in [-0.2, 0) is 4.79 Å². The van der Waals surface area contributed by atoms with Crippen molar-refractivity contribution in [1.82, 2.24) is 0 Å². The number of nitrogens with one attached hydrogen (secondary N) is 1. The van der Waals surface area contributed by atoms with Gasteiger partial charge in [0.1, 0.15) is 17.5 Å². The van der Waals surface area contributed by atoms with E-state index in [2.05, 4.69) is 5.32 Å². The highest BCUT2D eigenvalue weighted by atomic mass is 32.2. The molecule has 6 heteroatoms. The first-order chi connectivity index (χ1) is 9.95. The number of hydrogen-bond donors (Lipinski definition) is 1. The molecule has 0 aliphatic heterocycles. The van der Waals surface area contributed by atoms with Gasteiger partial charge in [0.05, 0.1) is 5.25 Å². The van der Waals surface area contributed by atoms with Crippen molar-refractivity contribution in [1.29, 1.82) is 0 Å². The third-order valence-corrected chi connectivity index (χ3v) is 3.81. The van der Waals surface area contributed by atoms with Gasteiger partial charge in [-0.15, -0.1) is 11.8 Å². The zero-order valence-electron chi connectivity index (χ0n) is 11.1. The van der Waals surface area contributed by atoms with Gasteiger partial charge in [-0.05, 0) is 49.4 Å². The summed E-state index contributed by atoms with van der Waals surface area (Å²) < 4.78 is 39.3. The van der Waals surface area contributed by atoms with Gasteiger partial charge in [0.25, 0.3) is 0 Å². The van der Waals surface area contributed by atoms with Gasteiger partial charge in [-0.1, -0.05) is 0 Å². The maximum atomic E-state index is 13.5. The maximum absolute atomic E-state index is 13.5. The van der Waals surface area contributed by atoms with Crippen molar-refractivity contribution >= 4 is 23.4 Å². The first-order valence-corrected chi connectivity index (χ1v) is 7.02. The number of hydrogen-bond acceptors (Lipinski definition) is 2. The topological polar surface area (TPSA) is 29.1 Å². The zero-order valence-corrected chi connectivity index (χ0v) is 11.9. The fraction of sp³-hybridized carbons (Fsp3) is 0.133. The molecule has 2 aromatic rings. The molecule has 1 amide bonds. The first kappa shape index (κ1) is 15.4. The first-order valence-electron chi connectivity index (χ1n) is 6.14. The summed E-state index contributed by atoms with van der Waals surface area (Å²) in [5, 5.41) is 1.95. The van der Waals surface area contributed by atoms with E-state index in [1.165, 1.54) is 24.3 Å². The summed E-state index contributed by atoms with van der Waals surface area (Å²) in [4.78, 5) is 12.0. The van der Waals surface area contributed by atoms with Crippen molar-refractivity contribution in [3.63, 3.8) is 0 Å². The Kier molecular flexibility index (Phi) is 4.90. The summed E-state index contributed by atoms with van der Waals surface area (Å²) in [7, 11) is 0. The summed E-state index contributed by atoms with van der Waals surface area (Å²) in [5.41, 5.74) is 0.438. The Labute approximate surface area is 124 Å². The SMILES string of the molecule is C[C@@H](Sc1cc(F)ccc1F)C(=O)Nc1ccc(F)cc1. The number of rotatable bonds is 4. The van der Waals surface area contributed by atoms with Crippen LogP contribution in [0.4, 0.5) is 18.9 Å². The molecule has 1 N–H and O–H groups in total. The molecule has 0 aromatic heterocycles. The van der Waals surface area contributed by atoms with Crippen LogP contribution < -0.4 is 5.32 Å². The van der Waals surface area contributed by atoms with Crippen LogP contribution in [0, 0.1) is 17.5 Å². The second-order valence-electron chi connectivity index (χ2n) is 4.33. The van der Waals surface area contributed by atoms with Crippen LogP contribution in [0.3, 0.4) is 0 Å². The van der Waals surface area contributed by atoms with Crippen LogP contribution in [0.15, 0.2) is 47.4 Å².